The summed E-state index contributed by atoms with van der Waals surface area (Å²) in [4.78, 5) is 24.2. The number of alkyl halides is 6. The predicted molar refractivity (Wildman–Crippen MR) is 136 cm³/mol. The lowest BCUT2D eigenvalue weighted by Gasteiger charge is -2.13. The molecular weight excluding hydrogens is 591 g/mol. The van der Waals surface area contributed by atoms with Gasteiger partial charge in [0.1, 0.15) is 18.1 Å². The van der Waals surface area contributed by atoms with Gasteiger partial charge in [0.25, 0.3) is 5.91 Å². The second kappa shape index (κ2) is 10.8. The number of esters is 1. The molecule has 2 heterocycles. The van der Waals surface area contributed by atoms with Crippen molar-refractivity contribution in [2.45, 2.75) is 19.0 Å². The van der Waals surface area contributed by atoms with E-state index in [4.69, 9.17) is 10.3 Å². The molecule has 9 nitrogen and oxygen atoms in total. The number of carbonyl (C=O) groups excluding carboxylic acids is 2. The molecule has 0 spiro atoms. The second-order valence-corrected chi connectivity index (χ2v) is 8.95. The number of nitrogens with zero attached hydrogens (tertiary/aromatic N) is 3. The Morgan fingerprint density at radius 2 is 1.72 bits per heavy atom. The maximum Gasteiger partial charge on any atom is 0.490 e. The first-order chi connectivity index (χ1) is 20.2. The van der Waals surface area contributed by atoms with E-state index in [0.29, 0.717) is 10.7 Å². The highest BCUT2D eigenvalue weighted by atomic mass is 19.4. The molecule has 0 radical (unpaired) electrons. The van der Waals surface area contributed by atoms with E-state index in [1.54, 1.807) is 0 Å². The van der Waals surface area contributed by atoms with Crippen molar-refractivity contribution < 1.29 is 49.6 Å². The standard InChI is InChI=1S/C27H16F7N5O4/c28-18-9-13(16-4-2-1-3-14(16)12-42-25(41)27(32,33)34)5-7-19(18)36-24(40)20-11-22(26(29,30)31)37-39(20)15-6-8-21-17(10-15)23(35)38-43-21/h1-11H,12H2,(H2,35,38)(H,36,40). The molecule has 43 heavy (non-hydrogen) atoms. The number of nitrogens with one attached hydrogen (secondary N) is 1. The van der Waals surface area contributed by atoms with Gasteiger partial charge in [0.15, 0.2) is 17.1 Å². The molecule has 0 fully saturated rings. The molecule has 1 amide bonds. The van der Waals surface area contributed by atoms with Crippen LogP contribution in [0.3, 0.4) is 0 Å². The van der Waals surface area contributed by atoms with Crippen molar-refractivity contribution in [2.75, 3.05) is 11.1 Å². The van der Waals surface area contributed by atoms with Crippen LogP contribution in [0.15, 0.2) is 71.3 Å². The van der Waals surface area contributed by atoms with Gasteiger partial charge in [-0.2, -0.15) is 31.4 Å². The number of ether oxygens (including phenoxy) is 1. The normalized spacial score (nSPS) is 12.0. The molecule has 0 aliphatic rings. The Morgan fingerprint density at radius 3 is 2.42 bits per heavy atom. The van der Waals surface area contributed by atoms with Crippen LogP contribution < -0.4 is 11.1 Å². The highest BCUT2D eigenvalue weighted by Crippen LogP contribution is 2.32. The molecule has 5 aromatic rings. The largest absolute Gasteiger partial charge is 0.490 e. The fraction of sp³-hybridized carbons (Fsp3) is 0.111. The molecule has 2 aromatic heterocycles. The minimum Gasteiger partial charge on any atom is -0.454 e. The number of nitrogen functional groups attached to an aromatic ring is 1. The van der Waals surface area contributed by atoms with Crippen LogP contribution in [0.1, 0.15) is 21.7 Å². The highest BCUT2D eigenvalue weighted by molar-refractivity contribution is 6.04. The summed E-state index contributed by atoms with van der Waals surface area (Å²) in [5.41, 5.74) is 4.06. The second-order valence-electron chi connectivity index (χ2n) is 8.95. The van der Waals surface area contributed by atoms with Crippen molar-refractivity contribution in [3.05, 3.63) is 89.5 Å². The Morgan fingerprint density at radius 1 is 0.977 bits per heavy atom. The van der Waals surface area contributed by atoms with Crippen LogP contribution in [-0.4, -0.2) is 33.0 Å². The first-order valence-electron chi connectivity index (χ1n) is 12.0. The number of nitrogens with two attached hydrogens (primary N) is 1. The molecule has 0 aliphatic heterocycles. The molecule has 16 heteroatoms. The average molecular weight is 607 g/mol. The Labute approximate surface area is 235 Å². The predicted octanol–water partition coefficient (Wildman–Crippen LogP) is 6.28. The Hall–Kier alpha value is -5.41. The maximum atomic E-state index is 15.1. The summed E-state index contributed by atoms with van der Waals surface area (Å²) in [7, 11) is 0. The Balaban J connectivity index is 1.43. The maximum absolute atomic E-state index is 15.1. The van der Waals surface area contributed by atoms with Crippen LogP contribution >= 0.6 is 0 Å². The first-order valence-corrected chi connectivity index (χ1v) is 12.0. The van der Waals surface area contributed by atoms with Crippen molar-refractivity contribution in [3.63, 3.8) is 0 Å². The van der Waals surface area contributed by atoms with Gasteiger partial charge in [-0.25, -0.2) is 13.9 Å². The molecule has 0 bridgehead atoms. The van der Waals surface area contributed by atoms with E-state index < -0.39 is 53.7 Å². The molecule has 3 N–H and O–H groups in total. The van der Waals surface area contributed by atoms with Crippen molar-refractivity contribution in [2.24, 2.45) is 0 Å². The zero-order valence-electron chi connectivity index (χ0n) is 21.3. The van der Waals surface area contributed by atoms with Gasteiger partial charge in [-0.3, -0.25) is 4.79 Å². The van der Waals surface area contributed by atoms with E-state index in [0.717, 1.165) is 12.1 Å². The van der Waals surface area contributed by atoms with E-state index in [-0.39, 0.29) is 39.2 Å². The van der Waals surface area contributed by atoms with Crippen LogP contribution in [0.25, 0.3) is 27.8 Å². The van der Waals surface area contributed by atoms with Gasteiger partial charge in [-0.1, -0.05) is 35.5 Å². The summed E-state index contributed by atoms with van der Waals surface area (Å²) >= 11 is 0. The first kappa shape index (κ1) is 29.1. The lowest BCUT2D eigenvalue weighted by atomic mass is 9.99. The number of hydrogen-bond acceptors (Lipinski definition) is 7. The molecule has 0 unspecified atom stereocenters. The van der Waals surface area contributed by atoms with E-state index in [9.17, 15) is 35.9 Å². The van der Waals surface area contributed by atoms with Crippen molar-refractivity contribution in [1.82, 2.24) is 14.9 Å². The van der Waals surface area contributed by atoms with Crippen molar-refractivity contribution in [1.29, 1.82) is 0 Å². The van der Waals surface area contributed by atoms with E-state index in [1.165, 1.54) is 48.5 Å². The molecular formula is C27H16F7N5O4. The molecule has 0 aliphatic carbocycles. The zero-order valence-corrected chi connectivity index (χ0v) is 21.3. The topological polar surface area (TPSA) is 125 Å². The Bertz CT molecular complexity index is 1860. The van der Waals surface area contributed by atoms with Crippen LogP contribution in [0.5, 0.6) is 0 Å². The van der Waals surface area contributed by atoms with Crippen molar-refractivity contribution >= 4 is 34.4 Å². The number of hydrogen-bond donors (Lipinski definition) is 2. The summed E-state index contributed by atoms with van der Waals surface area (Å²) in [6.45, 7) is -0.757. The van der Waals surface area contributed by atoms with Gasteiger partial charge >= 0.3 is 18.3 Å². The average Bonchev–Trinajstić information content (AvgIpc) is 3.57. The monoisotopic (exact) mass is 607 g/mol. The van der Waals surface area contributed by atoms with Crippen LogP contribution in [0.4, 0.5) is 42.2 Å². The van der Waals surface area contributed by atoms with Crippen LogP contribution in [0.2, 0.25) is 0 Å². The molecule has 0 saturated heterocycles. The van der Waals surface area contributed by atoms with Crippen molar-refractivity contribution in [3.8, 4) is 16.8 Å². The number of benzene rings is 3. The smallest absolute Gasteiger partial charge is 0.454 e. The lowest BCUT2D eigenvalue weighted by Crippen LogP contribution is -2.25. The number of aromatic nitrogens is 3. The molecule has 0 saturated carbocycles. The number of anilines is 2. The van der Waals surface area contributed by atoms with Gasteiger partial charge in [0, 0.05) is 6.07 Å². The zero-order chi connectivity index (χ0) is 31.1. The van der Waals surface area contributed by atoms with Crippen LogP contribution in [-0.2, 0) is 22.3 Å². The molecule has 3 aromatic carbocycles. The van der Waals surface area contributed by atoms with E-state index in [2.05, 4.69) is 20.3 Å². The summed E-state index contributed by atoms with van der Waals surface area (Å²) in [5.74, 6) is -4.61. The Kier molecular flexibility index (Phi) is 7.29. The van der Waals surface area contributed by atoms with Gasteiger partial charge in [-0.05, 0) is 47.0 Å². The third-order valence-corrected chi connectivity index (χ3v) is 6.09. The quantitative estimate of drug-likeness (QED) is 0.172. The van der Waals surface area contributed by atoms with Gasteiger partial charge in [0.2, 0.25) is 0 Å². The summed E-state index contributed by atoms with van der Waals surface area (Å²) in [6.07, 6.45) is -10.1. The highest BCUT2D eigenvalue weighted by Gasteiger charge is 2.41. The molecule has 0 atom stereocenters. The third kappa shape index (κ3) is 5.98. The molecule has 5 rings (SSSR count). The fourth-order valence-electron chi connectivity index (χ4n) is 4.08. The number of rotatable bonds is 6. The molecule has 222 valence electrons. The SMILES string of the molecule is Nc1noc2ccc(-n3nc(C(F)(F)F)cc3C(=O)Nc3ccc(-c4ccccc4COC(=O)C(F)(F)F)cc3F)cc12. The van der Waals surface area contributed by atoms with E-state index >= 15 is 4.39 Å². The fourth-order valence-corrected chi connectivity index (χ4v) is 4.08. The van der Waals surface area contributed by atoms with Gasteiger partial charge in [0.05, 0.1) is 16.8 Å². The number of carbonyl (C=O) groups is 2. The van der Waals surface area contributed by atoms with E-state index in [1.807, 2.05) is 0 Å². The lowest BCUT2D eigenvalue weighted by molar-refractivity contribution is -0.201. The summed E-state index contributed by atoms with van der Waals surface area (Å²) in [5, 5.41) is 9.53. The number of fused-ring (bicyclic) bond motifs is 1. The van der Waals surface area contributed by atoms with Gasteiger partial charge in [-0.15, -0.1) is 0 Å². The number of halogens is 7. The van der Waals surface area contributed by atoms with Gasteiger partial charge < -0.3 is 20.3 Å². The number of amides is 1. The van der Waals surface area contributed by atoms with Crippen LogP contribution in [0, 0.1) is 5.82 Å². The summed E-state index contributed by atoms with van der Waals surface area (Å²) in [6, 6.07) is 13.6. The minimum atomic E-state index is -5.20. The summed E-state index contributed by atoms with van der Waals surface area (Å²) < 4.78 is 103. The third-order valence-electron chi connectivity index (χ3n) is 6.09. The minimum absolute atomic E-state index is 0.00157.